The lowest BCUT2D eigenvalue weighted by atomic mass is 10.1. The van der Waals surface area contributed by atoms with Gasteiger partial charge in [-0.25, -0.2) is 9.97 Å². The van der Waals surface area contributed by atoms with E-state index in [1.165, 1.54) is 32.3 Å². The van der Waals surface area contributed by atoms with E-state index in [1.54, 1.807) is 0 Å². The number of aromatic nitrogens is 2. The number of nitrogens with zero attached hydrogens (tertiary/aromatic N) is 4. The Labute approximate surface area is 276 Å². The number of likely N-dealkylation sites (N-methyl/N-ethyl adjacent to an activating group) is 1. The third-order valence-electron chi connectivity index (χ3n) is 7.53. The van der Waals surface area contributed by atoms with Crippen molar-refractivity contribution in [2.24, 2.45) is 0 Å². The molecule has 0 bridgehead atoms. The van der Waals surface area contributed by atoms with Crippen LogP contribution in [0.1, 0.15) is 32.4 Å². The van der Waals surface area contributed by atoms with Gasteiger partial charge in [0.05, 0.1) is 48.2 Å². The van der Waals surface area contributed by atoms with E-state index in [0.29, 0.717) is 17.3 Å². The Hall–Kier alpha value is -2.83. The molecule has 0 spiro atoms. The van der Waals surface area contributed by atoms with Crippen molar-refractivity contribution >= 4 is 75.4 Å². The molecular weight excluding hydrogens is 647 g/mol. The quantitative estimate of drug-likeness (QED) is 0.234. The maximum absolute atomic E-state index is 13.6. The molecule has 0 aliphatic carbocycles. The van der Waals surface area contributed by atoms with Crippen molar-refractivity contribution in [2.45, 2.75) is 37.7 Å². The van der Waals surface area contributed by atoms with Gasteiger partial charge in [0.1, 0.15) is 33.0 Å². The summed E-state index contributed by atoms with van der Waals surface area (Å²) in [5.74, 6) is 1.14. The molecule has 1 amide bonds. The predicted octanol–water partition coefficient (Wildman–Crippen LogP) is 6.95. The first-order valence-electron chi connectivity index (χ1n) is 14.3. The number of methoxy groups -OCH3 is 2. The number of amides is 1. The third-order valence-corrected chi connectivity index (χ3v) is 9.79. The summed E-state index contributed by atoms with van der Waals surface area (Å²) in [7, 11) is 2.83. The minimum Gasteiger partial charge on any atom is -0.493 e. The molecule has 0 radical (unpaired) electrons. The Kier molecular flexibility index (Phi) is 10.4. The summed E-state index contributed by atoms with van der Waals surface area (Å²) < 4.78 is 16.9. The SMILES string of the molecule is CCN1CCN(c2ccc(Nc3ncnc4c3SCC4C(=O)Nc3c(Cl)c(OC)c(Cl)c(OC)c3Cl)c(OC(C)C)c2)CC1. The average molecular weight is 682 g/mol. The van der Waals surface area contributed by atoms with Crippen LogP contribution in [0.2, 0.25) is 15.1 Å². The number of fused-ring (bicyclic) bond motifs is 1. The highest BCUT2D eigenvalue weighted by molar-refractivity contribution is 7.99. The molecule has 44 heavy (non-hydrogen) atoms. The van der Waals surface area contributed by atoms with E-state index in [0.717, 1.165) is 54.7 Å². The van der Waals surface area contributed by atoms with Crippen LogP contribution in [0.5, 0.6) is 17.2 Å². The molecule has 3 aromatic rings. The van der Waals surface area contributed by atoms with Crippen molar-refractivity contribution in [3.8, 4) is 17.2 Å². The maximum atomic E-state index is 13.6. The molecule has 1 aromatic heterocycles. The monoisotopic (exact) mass is 680 g/mol. The van der Waals surface area contributed by atoms with Crippen LogP contribution in [0.4, 0.5) is 22.9 Å². The molecule has 14 heteroatoms. The average Bonchev–Trinajstić information content (AvgIpc) is 3.46. The molecular formula is C30H35Cl3N6O4S. The minimum atomic E-state index is -0.589. The van der Waals surface area contributed by atoms with Crippen LogP contribution >= 0.6 is 46.6 Å². The summed E-state index contributed by atoms with van der Waals surface area (Å²) >= 11 is 20.9. The van der Waals surface area contributed by atoms with E-state index in [-0.39, 0.29) is 44.3 Å². The first-order chi connectivity index (χ1) is 21.2. The number of benzene rings is 2. The maximum Gasteiger partial charge on any atom is 0.234 e. The molecule has 5 rings (SSSR count). The standard InChI is InChI=1S/C30H35Cl3N6O4S/c1-6-38-9-11-39(12-10-38)17-7-8-19(20(13-17)43-16(2)3)36-29-28-24(34-15-35-29)18(14-44-28)30(40)37-25-21(31)26(41-4)23(33)27(42-5)22(25)32/h7-8,13,15-16,18H,6,9-12,14H2,1-5H3,(H,37,40)(H,34,35,36). The largest absolute Gasteiger partial charge is 0.493 e. The van der Waals surface area contributed by atoms with Crippen molar-refractivity contribution in [1.29, 1.82) is 0 Å². The van der Waals surface area contributed by atoms with Gasteiger partial charge in [-0.15, -0.1) is 11.8 Å². The first kappa shape index (κ1) is 32.6. The summed E-state index contributed by atoms with van der Waals surface area (Å²) in [6.07, 6.45) is 1.43. The summed E-state index contributed by atoms with van der Waals surface area (Å²) in [5.41, 5.74) is 2.65. The predicted molar refractivity (Wildman–Crippen MR) is 179 cm³/mol. The van der Waals surface area contributed by atoms with Crippen molar-refractivity contribution in [1.82, 2.24) is 14.9 Å². The van der Waals surface area contributed by atoms with Gasteiger partial charge in [-0.3, -0.25) is 4.79 Å². The zero-order valence-corrected chi connectivity index (χ0v) is 28.3. The molecule has 1 fully saturated rings. The molecule has 1 saturated heterocycles. The Morgan fingerprint density at radius 2 is 1.73 bits per heavy atom. The summed E-state index contributed by atoms with van der Waals surface area (Å²) in [4.78, 5) is 28.2. The van der Waals surface area contributed by atoms with E-state index in [1.807, 2.05) is 19.9 Å². The van der Waals surface area contributed by atoms with Crippen molar-refractivity contribution in [3.63, 3.8) is 0 Å². The highest BCUT2D eigenvalue weighted by atomic mass is 35.5. The third kappa shape index (κ3) is 6.57. The van der Waals surface area contributed by atoms with Gasteiger partial charge in [0.15, 0.2) is 11.5 Å². The van der Waals surface area contributed by atoms with Crippen molar-refractivity contribution < 1.29 is 19.0 Å². The number of hydrogen-bond acceptors (Lipinski definition) is 10. The van der Waals surface area contributed by atoms with E-state index in [2.05, 4.69) is 49.5 Å². The molecule has 2 N–H and O–H groups in total. The Morgan fingerprint density at radius 3 is 2.34 bits per heavy atom. The fraction of sp³-hybridized carbons (Fsp3) is 0.433. The zero-order valence-electron chi connectivity index (χ0n) is 25.2. The second kappa shape index (κ2) is 14.1. The second-order valence-electron chi connectivity index (χ2n) is 10.6. The van der Waals surface area contributed by atoms with E-state index in [4.69, 9.17) is 49.0 Å². The van der Waals surface area contributed by atoms with Gasteiger partial charge < -0.3 is 34.6 Å². The lowest BCUT2D eigenvalue weighted by Gasteiger charge is -2.35. The topological polar surface area (TPSA) is 101 Å². The van der Waals surface area contributed by atoms with Gasteiger partial charge in [0.25, 0.3) is 0 Å². The summed E-state index contributed by atoms with van der Waals surface area (Å²) in [6, 6.07) is 6.20. The van der Waals surface area contributed by atoms with Crippen molar-refractivity contribution in [2.75, 3.05) is 68.2 Å². The number of rotatable bonds is 10. The Balaban J connectivity index is 1.39. The molecule has 236 valence electrons. The van der Waals surface area contributed by atoms with Gasteiger partial charge in [0.2, 0.25) is 5.91 Å². The van der Waals surface area contributed by atoms with Crippen LogP contribution in [0.15, 0.2) is 29.4 Å². The first-order valence-corrected chi connectivity index (χ1v) is 16.4. The van der Waals surface area contributed by atoms with Gasteiger partial charge >= 0.3 is 0 Å². The molecule has 2 aliphatic heterocycles. The second-order valence-corrected chi connectivity index (χ2v) is 12.7. The number of piperazine rings is 1. The lowest BCUT2D eigenvalue weighted by molar-refractivity contribution is -0.117. The normalized spacial score (nSPS) is 16.6. The minimum absolute atomic E-state index is 0.0231. The molecule has 0 saturated carbocycles. The molecule has 2 aromatic carbocycles. The zero-order chi connectivity index (χ0) is 31.5. The molecule has 10 nitrogen and oxygen atoms in total. The van der Waals surface area contributed by atoms with E-state index < -0.39 is 5.92 Å². The van der Waals surface area contributed by atoms with E-state index in [9.17, 15) is 4.79 Å². The Bertz CT molecular complexity index is 1510. The summed E-state index contributed by atoms with van der Waals surface area (Å²) in [6.45, 7) is 11.3. The highest BCUT2D eigenvalue weighted by Crippen LogP contribution is 2.51. The number of anilines is 4. The number of thioether (sulfide) groups is 1. The fourth-order valence-corrected chi connectivity index (χ4v) is 7.56. The number of ether oxygens (including phenoxy) is 3. The van der Waals surface area contributed by atoms with E-state index >= 15 is 0 Å². The van der Waals surface area contributed by atoms with Crippen LogP contribution in [0, 0.1) is 0 Å². The van der Waals surface area contributed by atoms with Gasteiger partial charge in [-0.2, -0.15) is 0 Å². The summed E-state index contributed by atoms with van der Waals surface area (Å²) in [5, 5.41) is 6.53. The smallest absolute Gasteiger partial charge is 0.234 e. The van der Waals surface area contributed by atoms with Gasteiger partial charge in [0, 0.05) is 43.7 Å². The van der Waals surface area contributed by atoms with Gasteiger partial charge in [-0.1, -0.05) is 41.7 Å². The van der Waals surface area contributed by atoms with Crippen LogP contribution in [-0.4, -0.2) is 79.6 Å². The molecule has 2 aliphatic rings. The number of halogens is 3. The fourth-order valence-electron chi connectivity index (χ4n) is 5.22. The van der Waals surface area contributed by atoms with Crippen LogP contribution < -0.4 is 29.7 Å². The van der Waals surface area contributed by atoms with Gasteiger partial charge in [-0.05, 0) is 32.5 Å². The van der Waals surface area contributed by atoms with Crippen LogP contribution in [0.3, 0.4) is 0 Å². The number of carbonyl (C=O) groups excluding carboxylic acids is 1. The number of hydrogen-bond donors (Lipinski definition) is 2. The van der Waals surface area contributed by atoms with Crippen molar-refractivity contribution in [3.05, 3.63) is 45.3 Å². The molecule has 1 unspecified atom stereocenters. The number of nitrogens with one attached hydrogen (secondary N) is 2. The Morgan fingerprint density at radius 1 is 1.05 bits per heavy atom. The molecule has 1 atom stereocenters. The van der Waals surface area contributed by atoms with Crippen LogP contribution in [0.25, 0.3) is 0 Å². The highest BCUT2D eigenvalue weighted by Gasteiger charge is 2.35. The van der Waals surface area contributed by atoms with Crippen LogP contribution in [-0.2, 0) is 4.79 Å². The molecule has 3 heterocycles. The number of carbonyl (C=O) groups is 1. The lowest BCUT2D eigenvalue weighted by Crippen LogP contribution is -2.46.